The molecule has 178 valence electrons. The second-order valence-corrected chi connectivity index (χ2v) is 14.0. The summed E-state index contributed by atoms with van der Waals surface area (Å²) in [5.41, 5.74) is 0.671. The van der Waals surface area contributed by atoms with Gasteiger partial charge in [-0.25, -0.2) is 0 Å². The maximum Gasteiger partial charge on any atom is 0.116 e. The Balaban J connectivity index is 1.38. The summed E-state index contributed by atoms with van der Waals surface area (Å²) in [6.45, 7) is 9.02. The molecule has 0 amide bonds. The molecule has 0 unspecified atom stereocenters. The van der Waals surface area contributed by atoms with Crippen molar-refractivity contribution in [1.82, 2.24) is 0 Å². The van der Waals surface area contributed by atoms with Crippen LogP contribution in [0.1, 0.15) is 65.2 Å². The number of hydrogen-bond acceptors (Lipinski definition) is 2. The van der Waals surface area contributed by atoms with Crippen LogP contribution in [0.4, 0.5) is 0 Å². The van der Waals surface area contributed by atoms with Crippen LogP contribution in [0.2, 0.25) is 0 Å². The molecule has 9 atom stereocenters. The molecule has 1 heterocycles. The number of ether oxygens (including phenoxy) is 1. The monoisotopic (exact) mass is 434 g/mol. The molecule has 5 rings (SSSR count). The Labute approximate surface area is 191 Å². The Kier molecular flexibility index (Phi) is 5.41. The minimum Gasteiger partial charge on any atom is -0.386 e. The number of likely N-dealkylation sites (N-methyl/N-ethyl adjacent to an activating group) is 1. The van der Waals surface area contributed by atoms with Gasteiger partial charge in [0.1, 0.15) is 25.2 Å². The van der Waals surface area contributed by atoms with E-state index in [0.717, 1.165) is 65.0 Å². The Hall–Kier alpha value is -0.160. The highest BCUT2D eigenvalue weighted by Gasteiger charge is 2.65. The summed E-state index contributed by atoms with van der Waals surface area (Å²) in [6, 6.07) is 1.25. The van der Waals surface area contributed by atoms with E-state index in [1.54, 1.807) is 0 Å². The van der Waals surface area contributed by atoms with E-state index < -0.39 is 0 Å². The lowest BCUT2D eigenvalue weighted by molar-refractivity contribution is -0.943. The first-order valence-corrected chi connectivity index (χ1v) is 13.4. The fraction of sp³-hybridized carbons (Fsp3) is 1.00. The standard InChI is InChI=1S/C27H50N2O2/c1-26-11-9-20(28(3,4)5)17-19(26)7-8-21-22(26)10-12-27(2)23(21)18-24(25(27)30)29(6)13-15-31-16-14-29/h19-25,30H,7-18H2,1-6H3/q+2/t19-,20-,21+,22-,23-,24-,25-,26-,27-/m0/s1. The van der Waals surface area contributed by atoms with E-state index in [1.807, 2.05) is 0 Å². The van der Waals surface area contributed by atoms with Gasteiger partial charge in [-0.05, 0) is 67.6 Å². The summed E-state index contributed by atoms with van der Waals surface area (Å²) in [5.74, 6) is 3.37. The Morgan fingerprint density at radius 2 is 1.55 bits per heavy atom. The van der Waals surface area contributed by atoms with Crippen LogP contribution in [-0.2, 0) is 4.74 Å². The lowest BCUT2D eigenvalue weighted by atomic mass is 9.45. The van der Waals surface area contributed by atoms with Crippen molar-refractivity contribution < 1.29 is 18.8 Å². The van der Waals surface area contributed by atoms with Crippen molar-refractivity contribution in [2.24, 2.45) is 34.5 Å². The second kappa shape index (κ2) is 7.42. The van der Waals surface area contributed by atoms with Crippen molar-refractivity contribution in [3.05, 3.63) is 0 Å². The number of fused-ring (bicyclic) bond motifs is 5. The summed E-state index contributed by atoms with van der Waals surface area (Å²) in [6.07, 6.45) is 10.8. The van der Waals surface area contributed by atoms with Crippen molar-refractivity contribution in [3.63, 3.8) is 0 Å². The fourth-order valence-electron chi connectivity index (χ4n) is 9.61. The molecule has 4 heteroatoms. The highest BCUT2D eigenvalue weighted by atomic mass is 16.5. The van der Waals surface area contributed by atoms with Crippen LogP contribution in [0.5, 0.6) is 0 Å². The first kappa shape index (κ1) is 22.6. The average molecular weight is 435 g/mol. The van der Waals surface area contributed by atoms with Crippen LogP contribution in [0.25, 0.3) is 0 Å². The predicted molar refractivity (Wildman–Crippen MR) is 125 cm³/mol. The zero-order valence-electron chi connectivity index (χ0n) is 21.3. The molecule has 4 nitrogen and oxygen atoms in total. The third-order valence-electron chi connectivity index (χ3n) is 12.0. The van der Waals surface area contributed by atoms with Crippen LogP contribution in [0, 0.1) is 34.5 Å². The van der Waals surface area contributed by atoms with Crippen molar-refractivity contribution in [2.75, 3.05) is 54.5 Å². The number of morpholine rings is 1. The van der Waals surface area contributed by atoms with Gasteiger partial charge in [0.05, 0.1) is 47.4 Å². The molecule has 4 saturated carbocycles. The molecular weight excluding hydrogens is 384 g/mol. The SMILES string of the molecule is C[C@]12CC[C@H]([N+](C)(C)C)C[C@@H]1CC[C@@H]1[C@@H]2CC[C@]2(C)[C@@H](O)[C@@H]([N+]3(C)CCOCC3)C[C@@H]12. The molecule has 0 aromatic carbocycles. The van der Waals surface area contributed by atoms with Gasteiger partial charge >= 0.3 is 0 Å². The Morgan fingerprint density at radius 1 is 0.871 bits per heavy atom. The normalized spacial score (nSPS) is 52.2. The lowest BCUT2D eigenvalue weighted by Crippen LogP contribution is -2.61. The fourth-order valence-corrected chi connectivity index (χ4v) is 9.61. The number of nitrogens with zero attached hydrogens (tertiary/aromatic N) is 2. The van der Waals surface area contributed by atoms with E-state index in [0.29, 0.717) is 11.5 Å². The van der Waals surface area contributed by atoms with E-state index >= 15 is 0 Å². The molecule has 5 aliphatic rings. The quantitative estimate of drug-likeness (QED) is 0.668. The van der Waals surface area contributed by atoms with Crippen LogP contribution in [-0.4, -0.2) is 86.8 Å². The van der Waals surface area contributed by atoms with Gasteiger partial charge in [0, 0.05) is 18.3 Å². The van der Waals surface area contributed by atoms with Gasteiger partial charge in [-0.2, -0.15) is 0 Å². The first-order chi connectivity index (χ1) is 14.5. The van der Waals surface area contributed by atoms with E-state index in [9.17, 15) is 5.11 Å². The van der Waals surface area contributed by atoms with E-state index in [1.165, 1.54) is 51.4 Å². The average Bonchev–Trinajstić information content (AvgIpc) is 2.99. The van der Waals surface area contributed by atoms with Crippen LogP contribution in [0.15, 0.2) is 0 Å². The molecule has 1 aliphatic heterocycles. The molecule has 31 heavy (non-hydrogen) atoms. The number of aliphatic hydroxyl groups excluding tert-OH is 1. The van der Waals surface area contributed by atoms with Gasteiger partial charge in [0.15, 0.2) is 0 Å². The maximum atomic E-state index is 11.7. The van der Waals surface area contributed by atoms with Crippen molar-refractivity contribution in [3.8, 4) is 0 Å². The molecule has 0 radical (unpaired) electrons. The molecule has 1 saturated heterocycles. The number of aliphatic hydroxyl groups is 1. The molecular formula is C27H50N2O2+2. The maximum absolute atomic E-state index is 11.7. The topological polar surface area (TPSA) is 29.5 Å². The number of quaternary nitrogens is 2. The largest absolute Gasteiger partial charge is 0.386 e. The molecule has 0 spiro atoms. The van der Waals surface area contributed by atoms with Gasteiger partial charge in [-0.15, -0.1) is 0 Å². The smallest absolute Gasteiger partial charge is 0.116 e. The number of hydrogen-bond donors (Lipinski definition) is 1. The number of rotatable bonds is 2. The lowest BCUT2D eigenvalue weighted by Gasteiger charge is -2.61. The van der Waals surface area contributed by atoms with Crippen molar-refractivity contribution in [1.29, 1.82) is 0 Å². The minimum absolute atomic E-state index is 0.133. The van der Waals surface area contributed by atoms with Crippen LogP contribution < -0.4 is 0 Å². The summed E-state index contributed by atoms with van der Waals surface area (Å²) in [5, 5.41) is 11.7. The van der Waals surface area contributed by atoms with Crippen molar-refractivity contribution >= 4 is 0 Å². The summed E-state index contributed by atoms with van der Waals surface area (Å²) in [4.78, 5) is 0. The highest BCUT2D eigenvalue weighted by molar-refractivity contribution is 5.11. The van der Waals surface area contributed by atoms with E-state index in [2.05, 4.69) is 42.0 Å². The first-order valence-electron chi connectivity index (χ1n) is 13.4. The molecule has 1 N–H and O–H groups in total. The molecule has 5 fully saturated rings. The Morgan fingerprint density at radius 3 is 2.23 bits per heavy atom. The molecule has 0 aromatic rings. The van der Waals surface area contributed by atoms with Gasteiger partial charge < -0.3 is 18.8 Å². The zero-order valence-corrected chi connectivity index (χ0v) is 21.3. The van der Waals surface area contributed by atoms with Crippen LogP contribution in [0.3, 0.4) is 0 Å². The van der Waals surface area contributed by atoms with E-state index in [-0.39, 0.29) is 11.5 Å². The second-order valence-electron chi connectivity index (χ2n) is 14.0. The molecule has 0 aromatic heterocycles. The van der Waals surface area contributed by atoms with Gasteiger partial charge in [-0.3, -0.25) is 0 Å². The predicted octanol–water partition coefficient (Wildman–Crippen LogP) is 3.92. The summed E-state index contributed by atoms with van der Waals surface area (Å²) in [7, 11) is 9.61. The highest BCUT2D eigenvalue weighted by Crippen LogP contribution is 2.67. The van der Waals surface area contributed by atoms with Crippen LogP contribution >= 0.6 is 0 Å². The Bertz CT molecular complexity index is 683. The third kappa shape index (κ3) is 3.37. The molecule has 4 aliphatic carbocycles. The third-order valence-corrected chi connectivity index (χ3v) is 12.0. The van der Waals surface area contributed by atoms with Gasteiger partial charge in [-0.1, -0.05) is 13.8 Å². The minimum atomic E-state index is -0.138. The summed E-state index contributed by atoms with van der Waals surface area (Å²) < 4.78 is 7.87. The van der Waals surface area contributed by atoms with Gasteiger partial charge in [0.25, 0.3) is 0 Å². The van der Waals surface area contributed by atoms with Gasteiger partial charge in [0.2, 0.25) is 0 Å². The molecule has 0 bridgehead atoms. The summed E-state index contributed by atoms with van der Waals surface area (Å²) >= 11 is 0. The van der Waals surface area contributed by atoms with E-state index in [4.69, 9.17) is 4.74 Å². The van der Waals surface area contributed by atoms with Crippen molar-refractivity contribution in [2.45, 2.75) is 83.4 Å². The zero-order chi connectivity index (χ0) is 22.2.